The van der Waals surface area contributed by atoms with Crippen LogP contribution in [0.15, 0.2) is 78.3 Å². The predicted octanol–water partition coefficient (Wildman–Crippen LogP) is 5.71. The SMILES string of the molecule is CC1=C(C(=O)Nc2cccnc2)C(c2ccc(Cl)cc2Cl)n2nc(-c3ccc(F)cc3)nc2N1. The van der Waals surface area contributed by atoms with E-state index in [-0.39, 0.29) is 11.7 Å². The van der Waals surface area contributed by atoms with Crippen LogP contribution in [0.4, 0.5) is 16.0 Å². The van der Waals surface area contributed by atoms with E-state index in [2.05, 4.69) is 25.7 Å². The summed E-state index contributed by atoms with van der Waals surface area (Å²) in [5, 5.41) is 11.5. The van der Waals surface area contributed by atoms with Gasteiger partial charge >= 0.3 is 0 Å². The van der Waals surface area contributed by atoms with Crippen LogP contribution in [0, 0.1) is 5.82 Å². The maximum absolute atomic E-state index is 13.5. The summed E-state index contributed by atoms with van der Waals surface area (Å²) in [6.07, 6.45) is 3.18. The average Bonchev–Trinajstić information content (AvgIpc) is 3.23. The van der Waals surface area contributed by atoms with Crippen molar-refractivity contribution < 1.29 is 9.18 Å². The highest BCUT2D eigenvalue weighted by molar-refractivity contribution is 6.35. The number of halogens is 3. The number of fused-ring (bicyclic) bond motifs is 1. The third kappa shape index (κ3) is 4.13. The number of anilines is 2. The number of amides is 1. The van der Waals surface area contributed by atoms with E-state index in [1.165, 1.54) is 12.1 Å². The van der Waals surface area contributed by atoms with Crippen LogP contribution in [-0.4, -0.2) is 25.7 Å². The summed E-state index contributed by atoms with van der Waals surface area (Å²) in [7, 11) is 0. The van der Waals surface area contributed by atoms with E-state index in [1.54, 1.807) is 66.5 Å². The molecule has 1 atom stereocenters. The third-order valence-electron chi connectivity index (χ3n) is 5.38. The van der Waals surface area contributed by atoms with Gasteiger partial charge in [0.25, 0.3) is 5.91 Å². The van der Waals surface area contributed by atoms with Gasteiger partial charge in [-0.05, 0) is 55.5 Å². The maximum Gasteiger partial charge on any atom is 0.255 e. The zero-order valence-corrected chi connectivity index (χ0v) is 19.3. The summed E-state index contributed by atoms with van der Waals surface area (Å²) in [6.45, 7) is 1.78. The van der Waals surface area contributed by atoms with Crippen molar-refractivity contribution in [1.82, 2.24) is 19.7 Å². The van der Waals surface area contributed by atoms with Gasteiger partial charge in [-0.2, -0.15) is 4.98 Å². The zero-order chi connectivity index (χ0) is 23.8. The molecule has 0 saturated heterocycles. The molecule has 1 unspecified atom stereocenters. The topological polar surface area (TPSA) is 84.7 Å². The Hall–Kier alpha value is -3.75. The first-order valence-electron chi connectivity index (χ1n) is 10.3. The third-order valence-corrected chi connectivity index (χ3v) is 5.94. The Kier molecular flexibility index (Phi) is 5.77. The normalized spacial score (nSPS) is 15.0. The molecule has 0 spiro atoms. The number of hydrogen-bond acceptors (Lipinski definition) is 5. The highest BCUT2D eigenvalue weighted by Gasteiger charge is 2.35. The molecule has 0 fully saturated rings. The second-order valence-electron chi connectivity index (χ2n) is 7.64. The minimum atomic E-state index is -0.695. The quantitative estimate of drug-likeness (QED) is 0.379. The molecule has 0 saturated carbocycles. The predicted molar refractivity (Wildman–Crippen MR) is 129 cm³/mol. The van der Waals surface area contributed by atoms with E-state index in [1.807, 2.05) is 0 Å². The molecule has 1 aliphatic heterocycles. The number of carbonyl (C=O) groups excluding carboxylic acids is 1. The van der Waals surface area contributed by atoms with Crippen molar-refractivity contribution in [3.8, 4) is 11.4 Å². The molecule has 2 aromatic heterocycles. The van der Waals surface area contributed by atoms with E-state index in [0.717, 1.165) is 0 Å². The monoisotopic (exact) mass is 494 g/mol. The first-order chi connectivity index (χ1) is 16.4. The van der Waals surface area contributed by atoms with Crippen molar-refractivity contribution in [2.75, 3.05) is 10.6 Å². The van der Waals surface area contributed by atoms with Gasteiger partial charge in [-0.25, -0.2) is 9.07 Å². The van der Waals surface area contributed by atoms with Crippen molar-refractivity contribution in [3.05, 3.63) is 99.7 Å². The largest absolute Gasteiger partial charge is 0.328 e. The van der Waals surface area contributed by atoms with Crippen molar-refractivity contribution in [2.24, 2.45) is 0 Å². The lowest BCUT2D eigenvalue weighted by Crippen LogP contribution is -2.31. The van der Waals surface area contributed by atoms with Crippen LogP contribution >= 0.6 is 23.2 Å². The van der Waals surface area contributed by atoms with Crippen LogP contribution < -0.4 is 10.6 Å². The first kappa shape index (κ1) is 22.1. The molecule has 10 heteroatoms. The van der Waals surface area contributed by atoms with Gasteiger partial charge < -0.3 is 10.6 Å². The molecule has 1 aliphatic rings. The van der Waals surface area contributed by atoms with Gasteiger partial charge in [0.15, 0.2) is 5.82 Å². The summed E-state index contributed by atoms with van der Waals surface area (Å²) < 4.78 is 15.0. The minimum Gasteiger partial charge on any atom is -0.328 e. The average molecular weight is 495 g/mol. The van der Waals surface area contributed by atoms with Crippen molar-refractivity contribution in [2.45, 2.75) is 13.0 Å². The first-order valence-corrected chi connectivity index (χ1v) is 11.0. The van der Waals surface area contributed by atoms with Gasteiger partial charge in [-0.1, -0.05) is 29.3 Å². The summed E-state index contributed by atoms with van der Waals surface area (Å²) in [5.41, 5.74) is 2.79. The van der Waals surface area contributed by atoms with Gasteiger partial charge in [0.1, 0.15) is 11.9 Å². The Morgan fingerprint density at radius 3 is 2.65 bits per heavy atom. The van der Waals surface area contributed by atoms with Crippen molar-refractivity contribution in [1.29, 1.82) is 0 Å². The summed E-state index contributed by atoms with van der Waals surface area (Å²) in [4.78, 5) is 22.1. The standard InChI is InChI=1S/C24H17Cl2FN6O/c1-13-20(23(34)30-17-3-2-10-28-12-17)21(18-9-6-15(25)11-19(18)26)33-24(29-13)31-22(32-33)14-4-7-16(27)8-5-14/h2-12,21H,1H3,(H,30,34)(H,29,31,32). The smallest absolute Gasteiger partial charge is 0.255 e. The molecule has 1 amide bonds. The van der Waals surface area contributed by atoms with Gasteiger partial charge in [0.2, 0.25) is 5.95 Å². The number of allylic oxidation sites excluding steroid dienone is 1. The fourth-order valence-corrected chi connectivity index (χ4v) is 4.32. The van der Waals surface area contributed by atoms with E-state index >= 15 is 0 Å². The Morgan fingerprint density at radius 1 is 1.15 bits per heavy atom. The van der Waals surface area contributed by atoms with Crippen LogP contribution in [0.3, 0.4) is 0 Å². The molecule has 0 bridgehead atoms. The number of rotatable bonds is 4. The number of nitrogens with zero attached hydrogens (tertiary/aromatic N) is 4. The van der Waals surface area contributed by atoms with Crippen LogP contribution in [0.25, 0.3) is 11.4 Å². The molecule has 7 nitrogen and oxygen atoms in total. The number of hydrogen-bond donors (Lipinski definition) is 2. The number of carbonyl (C=O) groups is 1. The molecule has 5 rings (SSSR count). The number of pyridine rings is 1. The lowest BCUT2D eigenvalue weighted by Gasteiger charge is -2.29. The minimum absolute atomic E-state index is 0.349. The molecule has 0 aliphatic carbocycles. The fourth-order valence-electron chi connectivity index (χ4n) is 3.81. The molecule has 3 heterocycles. The highest BCUT2D eigenvalue weighted by atomic mass is 35.5. The van der Waals surface area contributed by atoms with E-state index in [9.17, 15) is 9.18 Å². The van der Waals surface area contributed by atoms with E-state index < -0.39 is 6.04 Å². The molecular formula is C24H17Cl2FN6O. The Morgan fingerprint density at radius 2 is 1.94 bits per heavy atom. The summed E-state index contributed by atoms with van der Waals surface area (Å²) in [6, 6.07) is 13.7. The van der Waals surface area contributed by atoms with Gasteiger partial charge in [-0.3, -0.25) is 9.78 Å². The Labute approximate surface area is 204 Å². The molecule has 34 heavy (non-hydrogen) atoms. The fraction of sp³-hybridized carbons (Fsp3) is 0.0833. The Balaban J connectivity index is 1.63. The molecular weight excluding hydrogens is 478 g/mol. The van der Waals surface area contributed by atoms with Gasteiger partial charge in [-0.15, -0.1) is 5.10 Å². The lowest BCUT2D eigenvalue weighted by molar-refractivity contribution is -0.113. The maximum atomic E-state index is 13.5. The summed E-state index contributed by atoms with van der Waals surface area (Å²) >= 11 is 12.7. The molecule has 0 radical (unpaired) electrons. The zero-order valence-electron chi connectivity index (χ0n) is 17.8. The molecule has 4 aromatic rings. The highest BCUT2D eigenvalue weighted by Crippen LogP contribution is 2.40. The van der Waals surface area contributed by atoms with Crippen LogP contribution in [0.2, 0.25) is 10.0 Å². The molecule has 170 valence electrons. The van der Waals surface area contributed by atoms with Crippen molar-refractivity contribution >= 4 is 40.7 Å². The Bertz CT molecular complexity index is 1420. The second-order valence-corrected chi connectivity index (χ2v) is 8.48. The second kappa shape index (κ2) is 8.89. The number of nitrogens with one attached hydrogen (secondary N) is 2. The number of aromatic nitrogens is 4. The molecule has 2 N–H and O–H groups in total. The van der Waals surface area contributed by atoms with E-state index in [4.69, 9.17) is 23.2 Å². The number of benzene rings is 2. The lowest BCUT2D eigenvalue weighted by atomic mass is 9.95. The van der Waals surface area contributed by atoms with Crippen LogP contribution in [0.5, 0.6) is 0 Å². The van der Waals surface area contributed by atoms with Crippen molar-refractivity contribution in [3.63, 3.8) is 0 Å². The molecule has 2 aromatic carbocycles. The van der Waals surface area contributed by atoms with Crippen LogP contribution in [0.1, 0.15) is 18.5 Å². The van der Waals surface area contributed by atoms with Gasteiger partial charge in [0.05, 0.1) is 17.5 Å². The van der Waals surface area contributed by atoms with E-state index in [0.29, 0.717) is 49.9 Å². The summed E-state index contributed by atoms with van der Waals surface area (Å²) in [5.74, 6) is 0.0899. The van der Waals surface area contributed by atoms with Crippen LogP contribution in [-0.2, 0) is 4.79 Å². The van der Waals surface area contributed by atoms with Gasteiger partial charge in [0, 0.05) is 33.1 Å².